The van der Waals surface area contributed by atoms with Gasteiger partial charge >= 0.3 is 0 Å². The summed E-state index contributed by atoms with van der Waals surface area (Å²) >= 11 is 5.50. The molecule has 0 N–H and O–H groups in total. The van der Waals surface area contributed by atoms with E-state index in [1.54, 1.807) is 6.07 Å². The lowest BCUT2D eigenvalue weighted by Crippen LogP contribution is -2.00. The first kappa shape index (κ1) is 9.48. The Morgan fingerprint density at radius 2 is 2.17 bits per heavy atom. The van der Waals surface area contributed by atoms with Gasteiger partial charge in [-0.05, 0) is 11.6 Å². The van der Waals surface area contributed by atoms with Crippen LogP contribution in [-0.2, 0) is 15.7 Å². The molecule has 12 heavy (non-hydrogen) atoms. The van der Waals surface area contributed by atoms with Gasteiger partial charge in [-0.15, -0.1) is 11.6 Å². The van der Waals surface area contributed by atoms with E-state index in [2.05, 4.69) is 4.98 Å². The Kier molecular flexibility index (Phi) is 2.69. The monoisotopic (exact) mass is 205 g/mol. The molecule has 0 saturated heterocycles. The molecule has 1 rings (SSSR count). The topological polar surface area (TPSA) is 47.0 Å². The molecule has 0 aliphatic carbocycles. The number of alkyl halides is 1. The molecule has 3 nitrogen and oxygen atoms in total. The molecule has 0 spiro atoms. The number of nitrogens with zero attached hydrogens (tertiary/aromatic N) is 1. The molecule has 0 fully saturated rings. The van der Waals surface area contributed by atoms with E-state index in [9.17, 15) is 8.42 Å². The summed E-state index contributed by atoms with van der Waals surface area (Å²) in [5.74, 6) is 0.344. The third-order valence-electron chi connectivity index (χ3n) is 1.33. The van der Waals surface area contributed by atoms with Crippen molar-refractivity contribution in [3.63, 3.8) is 0 Å². The Morgan fingerprint density at radius 1 is 1.50 bits per heavy atom. The minimum absolute atomic E-state index is 0.0800. The summed E-state index contributed by atoms with van der Waals surface area (Å²) in [6, 6.07) is 3.10. The van der Waals surface area contributed by atoms with Crippen LogP contribution in [0.1, 0.15) is 5.56 Å². The number of aromatic nitrogens is 1. The average Bonchev–Trinajstić information content (AvgIpc) is 2.03. The van der Waals surface area contributed by atoms with Crippen molar-refractivity contribution in [2.24, 2.45) is 0 Å². The maximum atomic E-state index is 10.9. The minimum Gasteiger partial charge on any atom is -0.244 e. The first-order valence-electron chi connectivity index (χ1n) is 3.25. The Balaban J connectivity index is 3.09. The van der Waals surface area contributed by atoms with E-state index in [0.29, 0.717) is 5.88 Å². The quantitative estimate of drug-likeness (QED) is 0.683. The molecule has 1 aromatic heterocycles. The molecule has 0 aromatic carbocycles. The van der Waals surface area contributed by atoms with Crippen LogP contribution >= 0.6 is 11.6 Å². The zero-order valence-electron chi connectivity index (χ0n) is 6.49. The second-order valence-corrected chi connectivity index (χ2v) is 4.64. The van der Waals surface area contributed by atoms with Crippen LogP contribution in [0, 0.1) is 0 Å². The molecular formula is C7H8ClNO2S. The fourth-order valence-corrected chi connectivity index (χ4v) is 1.43. The molecule has 0 amide bonds. The molecule has 0 atom stereocenters. The Labute approximate surface area is 76.3 Å². The van der Waals surface area contributed by atoms with E-state index in [4.69, 9.17) is 11.6 Å². The Bertz CT molecular complexity index is 357. The van der Waals surface area contributed by atoms with E-state index in [-0.39, 0.29) is 5.03 Å². The number of pyridine rings is 1. The molecule has 66 valence electrons. The van der Waals surface area contributed by atoms with Crippen molar-refractivity contribution in [1.82, 2.24) is 4.98 Å². The average molecular weight is 206 g/mol. The van der Waals surface area contributed by atoms with Crippen molar-refractivity contribution in [3.05, 3.63) is 23.9 Å². The number of halogens is 1. The van der Waals surface area contributed by atoms with Crippen molar-refractivity contribution < 1.29 is 8.42 Å². The van der Waals surface area contributed by atoms with Gasteiger partial charge in [0.05, 0.1) is 0 Å². The zero-order chi connectivity index (χ0) is 9.19. The Morgan fingerprint density at radius 3 is 2.50 bits per heavy atom. The first-order chi connectivity index (χ1) is 5.54. The fourth-order valence-electron chi connectivity index (χ4n) is 0.709. The third-order valence-corrected chi connectivity index (χ3v) is 2.64. The molecule has 1 heterocycles. The minimum atomic E-state index is -3.18. The summed E-state index contributed by atoms with van der Waals surface area (Å²) in [5, 5.41) is 0.0800. The normalized spacial score (nSPS) is 11.5. The number of sulfone groups is 1. The van der Waals surface area contributed by atoms with Crippen LogP contribution in [0.5, 0.6) is 0 Å². The van der Waals surface area contributed by atoms with Crippen molar-refractivity contribution in [1.29, 1.82) is 0 Å². The summed E-state index contributed by atoms with van der Waals surface area (Å²) in [7, 11) is -3.18. The molecule has 5 heteroatoms. The standard InChI is InChI=1S/C7H8ClNO2S/c1-12(10,11)7-3-2-6(4-8)5-9-7/h2-3,5H,4H2,1H3. The van der Waals surface area contributed by atoms with Crippen molar-refractivity contribution in [2.75, 3.05) is 6.26 Å². The second kappa shape index (κ2) is 3.41. The molecule has 0 bridgehead atoms. The molecule has 1 aromatic rings. The van der Waals surface area contributed by atoms with E-state index in [0.717, 1.165) is 11.8 Å². The second-order valence-electron chi connectivity index (χ2n) is 2.41. The van der Waals surface area contributed by atoms with Crippen LogP contribution in [0.25, 0.3) is 0 Å². The lowest BCUT2D eigenvalue weighted by Gasteiger charge is -1.97. The highest BCUT2D eigenvalue weighted by Crippen LogP contribution is 2.07. The van der Waals surface area contributed by atoms with Gasteiger partial charge < -0.3 is 0 Å². The van der Waals surface area contributed by atoms with Crippen LogP contribution in [0.2, 0.25) is 0 Å². The van der Waals surface area contributed by atoms with Gasteiger partial charge in [0, 0.05) is 18.3 Å². The fraction of sp³-hybridized carbons (Fsp3) is 0.286. The molecular weight excluding hydrogens is 198 g/mol. The third kappa shape index (κ3) is 2.19. The molecule has 0 aliphatic heterocycles. The lowest BCUT2D eigenvalue weighted by molar-refractivity contribution is 0.598. The maximum Gasteiger partial charge on any atom is 0.192 e. The van der Waals surface area contributed by atoms with E-state index in [1.807, 2.05) is 0 Å². The van der Waals surface area contributed by atoms with Gasteiger partial charge in [-0.1, -0.05) is 6.07 Å². The largest absolute Gasteiger partial charge is 0.244 e. The predicted octanol–water partition coefficient (Wildman–Crippen LogP) is 1.22. The molecule has 0 radical (unpaired) electrons. The van der Waals surface area contributed by atoms with Crippen molar-refractivity contribution in [3.8, 4) is 0 Å². The summed E-state index contributed by atoms with van der Waals surface area (Å²) < 4.78 is 21.9. The predicted molar refractivity (Wildman–Crippen MR) is 46.9 cm³/mol. The number of rotatable bonds is 2. The molecule has 0 saturated carbocycles. The van der Waals surface area contributed by atoms with Gasteiger partial charge in [0.2, 0.25) is 0 Å². The zero-order valence-corrected chi connectivity index (χ0v) is 8.06. The van der Waals surface area contributed by atoms with E-state index in [1.165, 1.54) is 12.3 Å². The van der Waals surface area contributed by atoms with Crippen molar-refractivity contribution >= 4 is 21.4 Å². The lowest BCUT2D eigenvalue weighted by atomic mass is 10.3. The van der Waals surface area contributed by atoms with Gasteiger partial charge in [-0.2, -0.15) is 0 Å². The highest BCUT2D eigenvalue weighted by molar-refractivity contribution is 7.90. The van der Waals surface area contributed by atoms with E-state index < -0.39 is 9.84 Å². The summed E-state index contributed by atoms with van der Waals surface area (Å²) in [6.07, 6.45) is 2.58. The van der Waals surface area contributed by atoms with Crippen LogP contribution in [0.4, 0.5) is 0 Å². The maximum absolute atomic E-state index is 10.9. The highest BCUT2D eigenvalue weighted by Gasteiger charge is 2.07. The number of hydrogen-bond donors (Lipinski definition) is 0. The van der Waals surface area contributed by atoms with Gasteiger partial charge in [0.1, 0.15) is 0 Å². The van der Waals surface area contributed by atoms with Crippen LogP contribution in [0.15, 0.2) is 23.4 Å². The first-order valence-corrected chi connectivity index (χ1v) is 5.67. The van der Waals surface area contributed by atoms with Crippen LogP contribution < -0.4 is 0 Å². The Hall–Kier alpha value is -0.610. The molecule has 0 unspecified atom stereocenters. The van der Waals surface area contributed by atoms with Crippen LogP contribution in [-0.4, -0.2) is 19.7 Å². The SMILES string of the molecule is CS(=O)(=O)c1ccc(CCl)cn1. The smallest absolute Gasteiger partial charge is 0.192 e. The number of hydrogen-bond acceptors (Lipinski definition) is 3. The van der Waals surface area contributed by atoms with Gasteiger partial charge in [0.25, 0.3) is 0 Å². The van der Waals surface area contributed by atoms with E-state index >= 15 is 0 Å². The molecule has 0 aliphatic rings. The van der Waals surface area contributed by atoms with Gasteiger partial charge in [0.15, 0.2) is 14.9 Å². The highest BCUT2D eigenvalue weighted by atomic mass is 35.5. The summed E-state index contributed by atoms with van der Waals surface area (Å²) in [4.78, 5) is 3.75. The van der Waals surface area contributed by atoms with Crippen LogP contribution in [0.3, 0.4) is 0 Å². The van der Waals surface area contributed by atoms with Gasteiger partial charge in [-0.25, -0.2) is 13.4 Å². The van der Waals surface area contributed by atoms with Crippen molar-refractivity contribution in [2.45, 2.75) is 10.9 Å². The van der Waals surface area contributed by atoms with Gasteiger partial charge in [-0.3, -0.25) is 0 Å². The summed E-state index contributed by atoms with van der Waals surface area (Å²) in [6.45, 7) is 0. The summed E-state index contributed by atoms with van der Waals surface area (Å²) in [5.41, 5.74) is 0.809.